The van der Waals surface area contributed by atoms with Crippen molar-refractivity contribution in [1.82, 2.24) is 4.90 Å². The van der Waals surface area contributed by atoms with Crippen LogP contribution in [0.2, 0.25) is 0 Å². The van der Waals surface area contributed by atoms with E-state index in [4.69, 9.17) is 9.47 Å². The predicted molar refractivity (Wildman–Crippen MR) is 84.9 cm³/mol. The summed E-state index contributed by atoms with van der Waals surface area (Å²) in [6.45, 7) is 9.88. The third-order valence-electron chi connectivity index (χ3n) is 4.57. The molecule has 114 valence electrons. The first-order valence-electron chi connectivity index (χ1n) is 7.87. The molecule has 0 amide bonds. The maximum atomic E-state index is 5.96. The van der Waals surface area contributed by atoms with Crippen LogP contribution in [0.1, 0.15) is 13.8 Å². The molecule has 21 heavy (non-hydrogen) atoms. The second-order valence-corrected chi connectivity index (χ2v) is 6.34. The Labute approximate surface area is 127 Å². The van der Waals surface area contributed by atoms with Crippen molar-refractivity contribution in [1.29, 1.82) is 0 Å². The van der Waals surface area contributed by atoms with E-state index in [9.17, 15) is 0 Å². The van der Waals surface area contributed by atoms with E-state index in [0.29, 0.717) is 5.92 Å². The maximum absolute atomic E-state index is 5.96. The van der Waals surface area contributed by atoms with Crippen LogP contribution in [0.25, 0.3) is 0 Å². The fourth-order valence-corrected chi connectivity index (χ4v) is 3.11. The van der Waals surface area contributed by atoms with E-state index in [1.165, 1.54) is 5.57 Å². The standard InChI is InChI=1S/C18H25NO2/c1-15-5-6-18(2)14-17(4-3-16(18)13-15)21-12-9-19-7-10-20-11-8-19/h3-6,13-14,16H,7-12H2,1-2H3. The topological polar surface area (TPSA) is 21.7 Å². The number of ether oxygens (including phenoxy) is 2. The highest BCUT2D eigenvalue weighted by atomic mass is 16.5. The van der Waals surface area contributed by atoms with Crippen LogP contribution < -0.4 is 0 Å². The van der Waals surface area contributed by atoms with Gasteiger partial charge in [-0.15, -0.1) is 0 Å². The van der Waals surface area contributed by atoms with Crippen molar-refractivity contribution in [2.75, 3.05) is 39.5 Å². The molecule has 1 aliphatic heterocycles. The quantitative estimate of drug-likeness (QED) is 0.793. The Morgan fingerprint density at radius 3 is 2.95 bits per heavy atom. The van der Waals surface area contributed by atoms with Gasteiger partial charge in [0.05, 0.1) is 13.2 Å². The lowest BCUT2D eigenvalue weighted by molar-refractivity contribution is 0.0279. The normalized spacial score (nSPS) is 32.4. The average molecular weight is 287 g/mol. The van der Waals surface area contributed by atoms with Gasteiger partial charge in [0.25, 0.3) is 0 Å². The van der Waals surface area contributed by atoms with Crippen molar-refractivity contribution in [3.8, 4) is 0 Å². The van der Waals surface area contributed by atoms with Crippen molar-refractivity contribution in [2.24, 2.45) is 11.3 Å². The molecule has 0 bridgehead atoms. The summed E-state index contributed by atoms with van der Waals surface area (Å²) in [5.74, 6) is 1.45. The third-order valence-corrected chi connectivity index (χ3v) is 4.57. The highest BCUT2D eigenvalue weighted by Gasteiger charge is 2.31. The van der Waals surface area contributed by atoms with Gasteiger partial charge < -0.3 is 9.47 Å². The minimum Gasteiger partial charge on any atom is -0.493 e. The Morgan fingerprint density at radius 2 is 2.14 bits per heavy atom. The van der Waals surface area contributed by atoms with Crippen molar-refractivity contribution < 1.29 is 9.47 Å². The monoisotopic (exact) mass is 287 g/mol. The molecule has 3 nitrogen and oxygen atoms in total. The van der Waals surface area contributed by atoms with Gasteiger partial charge in [0.1, 0.15) is 12.4 Å². The van der Waals surface area contributed by atoms with E-state index in [1.54, 1.807) is 0 Å². The molecule has 2 aliphatic carbocycles. The van der Waals surface area contributed by atoms with Gasteiger partial charge >= 0.3 is 0 Å². The summed E-state index contributed by atoms with van der Waals surface area (Å²) >= 11 is 0. The lowest BCUT2D eigenvalue weighted by atomic mass is 9.71. The number of fused-ring (bicyclic) bond motifs is 1. The summed E-state index contributed by atoms with van der Waals surface area (Å²) in [4.78, 5) is 2.40. The molecule has 1 saturated heterocycles. The minimum atomic E-state index is 0.0581. The molecule has 2 unspecified atom stereocenters. The van der Waals surface area contributed by atoms with Crippen LogP contribution in [0.4, 0.5) is 0 Å². The predicted octanol–water partition coefficient (Wildman–Crippen LogP) is 2.93. The Kier molecular flexibility index (Phi) is 4.32. The molecule has 3 rings (SSSR count). The fraction of sp³-hybridized carbons (Fsp3) is 0.556. The van der Waals surface area contributed by atoms with Crippen molar-refractivity contribution in [3.05, 3.63) is 47.8 Å². The molecular formula is C18H25NO2. The summed E-state index contributed by atoms with van der Waals surface area (Å²) < 4.78 is 11.3. The van der Waals surface area contributed by atoms with Crippen LogP contribution in [0.15, 0.2) is 47.8 Å². The molecular weight excluding hydrogens is 262 g/mol. The van der Waals surface area contributed by atoms with E-state index in [1.807, 2.05) is 0 Å². The number of allylic oxidation sites excluding steroid dienone is 7. The van der Waals surface area contributed by atoms with Crippen LogP contribution in [-0.2, 0) is 9.47 Å². The lowest BCUT2D eigenvalue weighted by Crippen LogP contribution is -2.38. The number of nitrogens with zero attached hydrogens (tertiary/aromatic N) is 1. The number of hydrogen-bond donors (Lipinski definition) is 0. The van der Waals surface area contributed by atoms with Crippen molar-refractivity contribution in [2.45, 2.75) is 13.8 Å². The molecule has 0 radical (unpaired) electrons. The Morgan fingerprint density at radius 1 is 1.33 bits per heavy atom. The first-order chi connectivity index (χ1) is 10.2. The van der Waals surface area contributed by atoms with E-state index >= 15 is 0 Å². The van der Waals surface area contributed by atoms with E-state index in [-0.39, 0.29) is 5.41 Å². The van der Waals surface area contributed by atoms with Crippen LogP contribution in [0.3, 0.4) is 0 Å². The van der Waals surface area contributed by atoms with Crippen molar-refractivity contribution >= 4 is 0 Å². The second kappa shape index (κ2) is 6.20. The zero-order valence-corrected chi connectivity index (χ0v) is 13.0. The molecule has 1 heterocycles. The number of morpholine rings is 1. The molecule has 0 aromatic rings. The summed E-state index contributed by atoms with van der Waals surface area (Å²) in [6, 6.07) is 0. The van der Waals surface area contributed by atoms with Crippen LogP contribution in [-0.4, -0.2) is 44.4 Å². The van der Waals surface area contributed by atoms with E-state index in [0.717, 1.165) is 45.2 Å². The average Bonchev–Trinajstić information content (AvgIpc) is 2.49. The first-order valence-corrected chi connectivity index (χ1v) is 7.87. The van der Waals surface area contributed by atoms with Gasteiger partial charge in [-0.1, -0.05) is 36.8 Å². The number of rotatable bonds is 4. The molecule has 1 fully saturated rings. The lowest BCUT2D eigenvalue weighted by Gasteiger charge is -2.35. The zero-order chi connectivity index (χ0) is 14.7. The Balaban J connectivity index is 1.54. The Hall–Kier alpha value is -1.32. The first kappa shape index (κ1) is 14.6. The maximum Gasteiger partial charge on any atom is 0.115 e. The number of hydrogen-bond acceptors (Lipinski definition) is 3. The van der Waals surface area contributed by atoms with Gasteiger partial charge in [-0.3, -0.25) is 4.90 Å². The largest absolute Gasteiger partial charge is 0.493 e. The SMILES string of the molecule is CC1=CC2C=CC(OCCN3CCOCC3)=CC2(C)C=C1. The van der Waals surface area contributed by atoms with Crippen LogP contribution >= 0.6 is 0 Å². The summed E-state index contributed by atoms with van der Waals surface area (Å²) in [6.07, 6.45) is 13.5. The summed E-state index contributed by atoms with van der Waals surface area (Å²) in [7, 11) is 0. The van der Waals surface area contributed by atoms with E-state index < -0.39 is 0 Å². The molecule has 0 aromatic carbocycles. The zero-order valence-electron chi connectivity index (χ0n) is 13.0. The van der Waals surface area contributed by atoms with Gasteiger partial charge in [0.2, 0.25) is 0 Å². The smallest absolute Gasteiger partial charge is 0.115 e. The molecule has 0 saturated carbocycles. The highest BCUT2D eigenvalue weighted by molar-refractivity contribution is 5.38. The third kappa shape index (κ3) is 3.47. The van der Waals surface area contributed by atoms with Crippen LogP contribution in [0.5, 0.6) is 0 Å². The van der Waals surface area contributed by atoms with Gasteiger partial charge in [0.15, 0.2) is 0 Å². The minimum absolute atomic E-state index is 0.0581. The molecule has 3 heteroatoms. The summed E-state index contributed by atoms with van der Waals surface area (Å²) in [5, 5.41) is 0. The molecule has 2 atom stereocenters. The highest BCUT2D eigenvalue weighted by Crippen LogP contribution is 2.41. The van der Waals surface area contributed by atoms with Gasteiger partial charge in [-0.05, 0) is 19.1 Å². The van der Waals surface area contributed by atoms with Crippen molar-refractivity contribution in [3.63, 3.8) is 0 Å². The molecule has 0 N–H and O–H groups in total. The van der Waals surface area contributed by atoms with Gasteiger partial charge in [0, 0.05) is 31.0 Å². The summed E-state index contributed by atoms with van der Waals surface area (Å²) in [5.41, 5.74) is 1.40. The molecule has 3 aliphatic rings. The van der Waals surface area contributed by atoms with Crippen LogP contribution in [0, 0.1) is 11.3 Å². The van der Waals surface area contributed by atoms with E-state index in [2.05, 4.69) is 55.2 Å². The molecule has 0 aromatic heterocycles. The van der Waals surface area contributed by atoms with Gasteiger partial charge in [-0.2, -0.15) is 0 Å². The second-order valence-electron chi connectivity index (χ2n) is 6.34. The fourth-order valence-electron chi connectivity index (χ4n) is 3.11. The molecule has 0 spiro atoms. The Bertz CT molecular complexity index is 497. The van der Waals surface area contributed by atoms with Gasteiger partial charge in [-0.25, -0.2) is 0 Å².